The summed E-state index contributed by atoms with van der Waals surface area (Å²) in [5, 5.41) is 20.3. The zero-order valence-electron chi connectivity index (χ0n) is 13.1. The molecule has 1 aliphatic rings. The van der Waals surface area contributed by atoms with Gasteiger partial charge >= 0.3 is 0 Å². The van der Waals surface area contributed by atoms with Crippen LogP contribution in [0.1, 0.15) is 53.5 Å². The van der Waals surface area contributed by atoms with Gasteiger partial charge in [0.2, 0.25) is 0 Å². The predicted octanol–water partition coefficient (Wildman–Crippen LogP) is 1.39. The number of aliphatic hydroxyl groups excluding tert-OH is 1. The molecule has 3 rings (SSSR count). The second kappa shape index (κ2) is 6.87. The Labute approximate surface area is 134 Å². The van der Waals surface area contributed by atoms with Crippen molar-refractivity contribution >= 4 is 5.91 Å². The van der Waals surface area contributed by atoms with Gasteiger partial charge in [-0.2, -0.15) is 0 Å². The number of nitrogens with zero attached hydrogens (tertiary/aromatic N) is 4. The Hall–Kier alpha value is -2.28. The molecule has 0 bridgehead atoms. The van der Waals surface area contributed by atoms with Crippen LogP contribution in [0.5, 0.6) is 0 Å². The van der Waals surface area contributed by atoms with Gasteiger partial charge in [0, 0.05) is 6.20 Å². The molecule has 0 unspecified atom stereocenters. The van der Waals surface area contributed by atoms with Crippen LogP contribution in [0.4, 0.5) is 0 Å². The quantitative estimate of drug-likeness (QED) is 0.889. The van der Waals surface area contributed by atoms with Crippen LogP contribution >= 0.6 is 0 Å². The maximum atomic E-state index is 12.5. The van der Waals surface area contributed by atoms with Crippen LogP contribution in [0.15, 0.2) is 24.5 Å². The summed E-state index contributed by atoms with van der Waals surface area (Å²) in [4.78, 5) is 16.7. The average Bonchev–Trinajstić information content (AvgIpc) is 3.04. The molecule has 0 aromatic carbocycles. The molecular formula is C16H21N5O2. The summed E-state index contributed by atoms with van der Waals surface area (Å²) in [6.07, 6.45) is 7.38. The predicted molar refractivity (Wildman–Crippen MR) is 83.7 cm³/mol. The van der Waals surface area contributed by atoms with E-state index in [-0.39, 0.29) is 24.6 Å². The number of hydrogen-bond acceptors (Lipinski definition) is 5. The number of rotatable bonds is 4. The van der Waals surface area contributed by atoms with E-state index in [1.54, 1.807) is 17.1 Å². The molecule has 7 heteroatoms. The van der Waals surface area contributed by atoms with Crippen molar-refractivity contribution in [1.82, 2.24) is 25.3 Å². The lowest BCUT2D eigenvalue weighted by Gasteiger charge is -2.32. The standard InChI is InChI=1S/C16H21N5O2/c1-11-5-4-8-17-15(11)16(23)18-13-6-2-3-7-14(13)21-9-12(10-22)19-20-21/h4-5,8-9,13-14,22H,2-3,6-7,10H2,1H3,(H,18,23)/t13-,14+/m0/s1. The minimum atomic E-state index is -0.150. The Kier molecular flexibility index (Phi) is 4.66. The van der Waals surface area contributed by atoms with Crippen LogP contribution in [-0.4, -0.2) is 37.0 Å². The van der Waals surface area contributed by atoms with E-state index >= 15 is 0 Å². The van der Waals surface area contributed by atoms with E-state index in [1.165, 1.54) is 0 Å². The third-order valence-corrected chi connectivity index (χ3v) is 4.33. The zero-order chi connectivity index (χ0) is 16.2. The van der Waals surface area contributed by atoms with Gasteiger partial charge in [-0.3, -0.25) is 9.78 Å². The van der Waals surface area contributed by atoms with E-state index in [0.717, 1.165) is 31.2 Å². The van der Waals surface area contributed by atoms with E-state index in [1.807, 2.05) is 19.1 Å². The molecule has 0 saturated heterocycles. The molecular weight excluding hydrogens is 294 g/mol. The zero-order valence-corrected chi connectivity index (χ0v) is 13.1. The van der Waals surface area contributed by atoms with Gasteiger partial charge in [0.05, 0.1) is 24.9 Å². The first kappa shape index (κ1) is 15.6. The van der Waals surface area contributed by atoms with Crippen molar-refractivity contribution in [1.29, 1.82) is 0 Å². The number of nitrogens with one attached hydrogen (secondary N) is 1. The fourth-order valence-electron chi connectivity index (χ4n) is 3.10. The molecule has 2 aromatic rings. The molecule has 0 spiro atoms. The first-order valence-electron chi connectivity index (χ1n) is 7.93. The summed E-state index contributed by atoms with van der Waals surface area (Å²) in [5.41, 5.74) is 1.87. The SMILES string of the molecule is Cc1cccnc1C(=O)N[C@H]1CCCC[C@H]1n1cc(CO)nn1. The third-order valence-electron chi connectivity index (χ3n) is 4.33. The lowest BCUT2D eigenvalue weighted by atomic mass is 9.90. The van der Waals surface area contributed by atoms with Crippen molar-refractivity contribution in [2.45, 2.75) is 51.3 Å². The molecule has 2 aromatic heterocycles. The summed E-state index contributed by atoms with van der Waals surface area (Å²) < 4.78 is 1.76. The van der Waals surface area contributed by atoms with Crippen molar-refractivity contribution in [3.05, 3.63) is 41.5 Å². The molecule has 23 heavy (non-hydrogen) atoms. The highest BCUT2D eigenvalue weighted by Gasteiger charge is 2.29. The Balaban J connectivity index is 1.76. The van der Waals surface area contributed by atoms with E-state index in [9.17, 15) is 4.79 Å². The molecule has 122 valence electrons. The van der Waals surface area contributed by atoms with Crippen LogP contribution in [0, 0.1) is 6.92 Å². The first-order chi connectivity index (χ1) is 11.2. The monoisotopic (exact) mass is 315 g/mol. The van der Waals surface area contributed by atoms with Gasteiger partial charge in [0.25, 0.3) is 5.91 Å². The van der Waals surface area contributed by atoms with E-state index < -0.39 is 0 Å². The van der Waals surface area contributed by atoms with Gasteiger partial charge in [0.15, 0.2) is 0 Å². The number of hydrogen-bond donors (Lipinski definition) is 2. The number of carbonyl (C=O) groups is 1. The Morgan fingerprint density at radius 3 is 3.00 bits per heavy atom. The minimum absolute atomic E-state index is 0.00843. The van der Waals surface area contributed by atoms with Gasteiger partial charge in [0.1, 0.15) is 11.4 Å². The number of amides is 1. The lowest BCUT2D eigenvalue weighted by Crippen LogP contribution is -2.43. The van der Waals surface area contributed by atoms with Gasteiger partial charge < -0.3 is 10.4 Å². The summed E-state index contributed by atoms with van der Waals surface area (Å²) in [7, 11) is 0. The average molecular weight is 315 g/mol. The molecule has 1 saturated carbocycles. The Morgan fingerprint density at radius 2 is 2.26 bits per heavy atom. The molecule has 7 nitrogen and oxygen atoms in total. The number of carbonyl (C=O) groups excluding carboxylic acids is 1. The maximum Gasteiger partial charge on any atom is 0.270 e. The normalized spacial score (nSPS) is 21.1. The fourth-order valence-corrected chi connectivity index (χ4v) is 3.10. The molecule has 1 aliphatic carbocycles. The smallest absolute Gasteiger partial charge is 0.270 e. The number of aliphatic hydroxyl groups is 1. The molecule has 0 aliphatic heterocycles. The van der Waals surface area contributed by atoms with E-state index in [2.05, 4.69) is 20.6 Å². The Morgan fingerprint density at radius 1 is 1.43 bits per heavy atom. The summed E-state index contributed by atoms with van der Waals surface area (Å²) in [6.45, 7) is 1.75. The first-order valence-corrected chi connectivity index (χ1v) is 7.93. The van der Waals surface area contributed by atoms with Crippen LogP contribution in [0.2, 0.25) is 0 Å². The van der Waals surface area contributed by atoms with Crippen molar-refractivity contribution in [3.8, 4) is 0 Å². The van der Waals surface area contributed by atoms with Gasteiger partial charge in [-0.15, -0.1) is 5.10 Å². The third kappa shape index (κ3) is 3.39. The second-order valence-electron chi connectivity index (χ2n) is 5.95. The highest BCUT2D eigenvalue weighted by atomic mass is 16.3. The molecule has 1 fully saturated rings. The minimum Gasteiger partial charge on any atom is -0.390 e. The highest BCUT2D eigenvalue weighted by molar-refractivity contribution is 5.93. The summed E-state index contributed by atoms with van der Waals surface area (Å²) in [6, 6.07) is 3.75. The topological polar surface area (TPSA) is 92.9 Å². The molecule has 1 amide bonds. The van der Waals surface area contributed by atoms with Crippen molar-refractivity contribution < 1.29 is 9.90 Å². The van der Waals surface area contributed by atoms with Crippen molar-refractivity contribution in [2.75, 3.05) is 0 Å². The summed E-state index contributed by atoms with van der Waals surface area (Å²) >= 11 is 0. The maximum absolute atomic E-state index is 12.5. The van der Waals surface area contributed by atoms with Crippen molar-refractivity contribution in [3.63, 3.8) is 0 Å². The highest BCUT2D eigenvalue weighted by Crippen LogP contribution is 2.28. The van der Waals surface area contributed by atoms with Gasteiger partial charge in [-0.05, 0) is 31.4 Å². The van der Waals surface area contributed by atoms with Crippen LogP contribution < -0.4 is 5.32 Å². The Bertz CT molecular complexity index is 685. The number of aromatic nitrogens is 4. The van der Waals surface area contributed by atoms with Crippen molar-refractivity contribution in [2.24, 2.45) is 0 Å². The van der Waals surface area contributed by atoms with Crippen LogP contribution in [-0.2, 0) is 6.61 Å². The van der Waals surface area contributed by atoms with E-state index in [4.69, 9.17) is 5.11 Å². The van der Waals surface area contributed by atoms with Gasteiger partial charge in [-0.1, -0.05) is 24.1 Å². The van der Waals surface area contributed by atoms with Crippen LogP contribution in [0.25, 0.3) is 0 Å². The molecule has 2 N–H and O–H groups in total. The lowest BCUT2D eigenvalue weighted by molar-refractivity contribution is 0.0898. The number of pyridine rings is 1. The second-order valence-corrected chi connectivity index (χ2v) is 5.95. The fraction of sp³-hybridized carbons (Fsp3) is 0.500. The van der Waals surface area contributed by atoms with E-state index in [0.29, 0.717) is 11.4 Å². The largest absolute Gasteiger partial charge is 0.390 e. The van der Waals surface area contributed by atoms with Gasteiger partial charge in [-0.25, -0.2) is 4.68 Å². The van der Waals surface area contributed by atoms with Crippen LogP contribution in [0.3, 0.4) is 0 Å². The molecule has 2 atom stereocenters. The number of aryl methyl sites for hydroxylation is 1. The molecule has 2 heterocycles. The summed E-state index contributed by atoms with van der Waals surface area (Å²) in [5.74, 6) is -0.150. The molecule has 0 radical (unpaired) electrons.